The summed E-state index contributed by atoms with van der Waals surface area (Å²) in [6.07, 6.45) is -0.447. The SMILES string of the molecule is COc1ccc(C(=O)NCc2ccc(NC(=O)CCNC(=O)OC(C)(C)C)cc2)cc1OC. The zero-order valence-corrected chi connectivity index (χ0v) is 19.6. The molecule has 0 saturated carbocycles. The van der Waals surface area contributed by atoms with Crippen LogP contribution >= 0.6 is 0 Å². The monoisotopic (exact) mass is 457 g/mol. The summed E-state index contributed by atoms with van der Waals surface area (Å²) in [5.41, 5.74) is 1.35. The van der Waals surface area contributed by atoms with Gasteiger partial charge in [0.1, 0.15) is 5.60 Å². The zero-order valence-electron chi connectivity index (χ0n) is 19.6. The van der Waals surface area contributed by atoms with E-state index in [0.29, 0.717) is 29.3 Å². The maximum absolute atomic E-state index is 12.4. The van der Waals surface area contributed by atoms with Gasteiger partial charge in [-0.25, -0.2) is 4.79 Å². The maximum Gasteiger partial charge on any atom is 0.407 e. The van der Waals surface area contributed by atoms with E-state index < -0.39 is 11.7 Å². The van der Waals surface area contributed by atoms with Gasteiger partial charge >= 0.3 is 6.09 Å². The molecule has 0 aliphatic rings. The minimum Gasteiger partial charge on any atom is -0.493 e. The van der Waals surface area contributed by atoms with Gasteiger partial charge in [0, 0.05) is 30.8 Å². The quantitative estimate of drug-likeness (QED) is 0.531. The number of hydrogen-bond donors (Lipinski definition) is 3. The Hall–Kier alpha value is -3.75. The van der Waals surface area contributed by atoms with E-state index in [9.17, 15) is 14.4 Å². The summed E-state index contributed by atoms with van der Waals surface area (Å²) in [7, 11) is 3.04. The second-order valence-electron chi connectivity index (χ2n) is 8.18. The summed E-state index contributed by atoms with van der Waals surface area (Å²) in [6, 6.07) is 12.1. The Morgan fingerprint density at radius 1 is 0.879 bits per heavy atom. The molecule has 0 radical (unpaired) electrons. The average Bonchev–Trinajstić information content (AvgIpc) is 2.76. The van der Waals surface area contributed by atoms with Gasteiger partial charge in [-0.2, -0.15) is 0 Å². The molecule has 3 N–H and O–H groups in total. The number of rotatable bonds is 9. The van der Waals surface area contributed by atoms with Gasteiger partial charge in [0.05, 0.1) is 14.2 Å². The Morgan fingerprint density at radius 3 is 2.15 bits per heavy atom. The number of benzene rings is 2. The van der Waals surface area contributed by atoms with Crippen molar-refractivity contribution in [1.82, 2.24) is 10.6 Å². The van der Waals surface area contributed by atoms with Crippen LogP contribution in [0.4, 0.5) is 10.5 Å². The zero-order chi connectivity index (χ0) is 24.4. The Kier molecular flexibility index (Phi) is 9.08. The van der Waals surface area contributed by atoms with E-state index in [1.165, 1.54) is 14.2 Å². The second kappa shape index (κ2) is 11.8. The average molecular weight is 458 g/mol. The maximum atomic E-state index is 12.4. The largest absolute Gasteiger partial charge is 0.493 e. The number of amides is 3. The standard InChI is InChI=1S/C24H31N3O6/c1-24(2,3)33-23(30)25-13-12-21(28)27-18-9-6-16(7-10-18)15-26-22(29)17-8-11-19(31-4)20(14-17)32-5/h6-11,14H,12-13,15H2,1-5H3,(H,25,30)(H,26,29)(H,27,28). The van der Waals surface area contributed by atoms with Crippen LogP contribution in [-0.4, -0.2) is 44.3 Å². The first-order valence-electron chi connectivity index (χ1n) is 10.5. The fraction of sp³-hybridized carbons (Fsp3) is 0.375. The first kappa shape index (κ1) is 25.5. The van der Waals surface area contributed by atoms with Crippen molar-refractivity contribution in [2.24, 2.45) is 0 Å². The van der Waals surface area contributed by atoms with Crippen LogP contribution in [0, 0.1) is 0 Å². The Morgan fingerprint density at radius 2 is 1.55 bits per heavy atom. The van der Waals surface area contributed by atoms with Crippen molar-refractivity contribution in [3.05, 3.63) is 53.6 Å². The van der Waals surface area contributed by atoms with Crippen molar-refractivity contribution in [2.75, 3.05) is 26.1 Å². The first-order chi connectivity index (χ1) is 15.6. The van der Waals surface area contributed by atoms with Crippen molar-refractivity contribution in [1.29, 1.82) is 0 Å². The van der Waals surface area contributed by atoms with Gasteiger partial charge < -0.3 is 30.2 Å². The van der Waals surface area contributed by atoms with E-state index in [1.807, 2.05) is 12.1 Å². The lowest BCUT2D eigenvalue weighted by molar-refractivity contribution is -0.116. The predicted octanol–water partition coefficient (Wildman–Crippen LogP) is 3.49. The lowest BCUT2D eigenvalue weighted by Crippen LogP contribution is -2.34. The summed E-state index contributed by atoms with van der Waals surface area (Å²) in [5, 5.41) is 8.15. The van der Waals surface area contributed by atoms with Gasteiger partial charge in [0.2, 0.25) is 5.91 Å². The van der Waals surface area contributed by atoms with Gasteiger partial charge in [-0.05, 0) is 56.7 Å². The van der Waals surface area contributed by atoms with Gasteiger partial charge in [-0.1, -0.05) is 12.1 Å². The number of anilines is 1. The highest BCUT2D eigenvalue weighted by molar-refractivity contribution is 5.95. The third kappa shape index (κ3) is 8.72. The van der Waals surface area contributed by atoms with Crippen LogP contribution in [0.1, 0.15) is 43.1 Å². The van der Waals surface area contributed by atoms with Crippen LogP contribution in [-0.2, 0) is 16.1 Å². The normalized spacial score (nSPS) is 10.7. The number of nitrogens with one attached hydrogen (secondary N) is 3. The van der Waals surface area contributed by atoms with Gasteiger partial charge in [0.15, 0.2) is 11.5 Å². The summed E-state index contributed by atoms with van der Waals surface area (Å²) in [4.78, 5) is 36.1. The molecular formula is C24H31N3O6. The summed E-state index contributed by atoms with van der Waals surface area (Å²) >= 11 is 0. The fourth-order valence-corrected chi connectivity index (χ4v) is 2.78. The Labute approximate surface area is 193 Å². The van der Waals surface area contributed by atoms with E-state index >= 15 is 0 Å². The van der Waals surface area contributed by atoms with Gasteiger partial charge in [0.25, 0.3) is 5.91 Å². The third-order valence-electron chi connectivity index (χ3n) is 4.36. The molecule has 178 valence electrons. The molecule has 0 bridgehead atoms. The minimum absolute atomic E-state index is 0.113. The Balaban J connectivity index is 1.79. The van der Waals surface area contributed by atoms with Crippen molar-refractivity contribution in [2.45, 2.75) is 39.3 Å². The minimum atomic E-state index is -0.588. The highest BCUT2D eigenvalue weighted by atomic mass is 16.6. The lowest BCUT2D eigenvalue weighted by Gasteiger charge is -2.19. The van der Waals surface area contributed by atoms with Crippen molar-refractivity contribution < 1.29 is 28.6 Å². The molecule has 9 heteroatoms. The van der Waals surface area contributed by atoms with Crippen LogP contribution in [0.2, 0.25) is 0 Å². The number of carbonyl (C=O) groups is 3. The predicted molar refractivity (Wildman–Crippen MR) is 125 cm³/mol. The smallest absolute Gasteiger partial charge is 0.407 e. The molecule has 3 amide bonds. The van der Waals surface area contributed by atoms with E-state index in [2.05, 4.69) is 16.0 Å². The van der Waals surface area contributed by atoms with Gasteiger partial charge in [-0.15, -0.1) is 0 Å². The molecule has 33 heavy (non-hydrogen) atoms. The number of alkyl carbamates (subject to hydrolysis) is 1. The van der Waals surface area contributed by atoms with E-state index in [1.54, 1.807) is 51.1 Å². The number of ether oxygens (including phenoxy) is 3. The van der Waals surface area contributed by atoms with E-state index in [0.717, 1.165) is 5.56 Å². The summed E-state index contributed by atoms with van der Waals surface area (Å²) in [6.45, 7) is 5.79. The molecule has 0 atom stereocenters. The molecule has 0 spiro atoms. The lowest BCUT2D eigenvalue weighted by atomic mass is 10.1. The third-order valence-corrected chi connectivity index (χ3v) is 4.36. The molecule has 0 unspecified atom stereocenters. The molecular weight excluding hydrogens is 426 g/mol. The molecule has 2 aromatic carbocycles. The molecule has 0 heterocycles. The van der Waals surface area contributed by atoms with Crippen LogP contribution in [0.5, 0.6) is 11.5 Å². The highest BCUT2D eigenvalue weighted by Crippen LogP contribution is 2.27. The van der Waals surface area contributed by atoms with E-state index in [-0.39, 0.29) is 24.8 Å². The molecule has 0 aromatic heterocycles. The highest BCUT2D eigenvalue weighted by Gasteiger charge is 2.16. The Bertz CT molecular complexity index is 967. The molecule has 0 aliphatic heterocycles. The van der Waals surface area contributed by atoms with Crippen LogP contribution in [0.25, 0.3) is 0 Å². The molecule has 2 rings (SSSR count). The molecule has 9 nitrogen and oxygen atoms in total. The van der Waals surface area contributed by atoms with Crippen LogP contribution in [0.3, 0.4) is 0 Å². The van der Waals surface area contributed by atoms with Crippen molar-refractivity contribution >= 4 is 23.6 Å². The summed E-state index contributed by atoms with van der Waals surface area (Å²) < 4.78 is 15.5. The van der Waals surface area contributed by atoms with Crippen LogP contribution in [0.15, 0.2) is 42.5 Å². The van der Waals surface area contributed by atoms with Crippen molar-refractivity contribution in [3.8, 4) is 11.5 Å². The van der Waals surface area contributed by atoms with Gasteiger partial charge in [-0.3, -0.25) is 9.59 Å². The van der Waals surface area contributed by atoms with Crippen LogP contribution < -0.4 is 25.4 Å². The second-order valence-corrected chi connectivity index (χ2v) is 8.18. The van der Waals surface area contributed by atoms with Crippen molar-refractivity contribution in [3.63, 3.8) is 0 Å². The number of methoxy groups -OCH3 is 2. The number of carbonyl (C=O) groups excluding carboxylic acids is 3. The first-order valence-corrected chi connectivity index (χ1v) is 10.5. The van der Waals surface area contributed by atoms with E-state index in [4.69, 9.17) is 14.2 Å². The molecule has 0 saturated heterocycles. The fourth-order valence-electron chi connectivity index (χ4n) is 2.78. The number of hydrogen-bond acceptors (Lipinski definition) is 6. The molecule has 0 fully saturated rings. The summed E-state index contributed by atoms with van der Waals surface area (Å²) in [5.74, 6) is 0.547. The topological polar surface area (TPSA) is 115 Å². The molecule has 0 aliphatic carbocycles. The molecule has 2 aromatic rings.